The molecular weight excluding hydrogens is 376 g/mol. The highest BCUT2D eigenvalue weighted by Gasteiger charge is 2.27. The van der Waals surface area contributed by atoms with Gasteiger partial charge in [0.2, 0.25) is 0 Å². The third-order valence-electron chi connectivity index (χ3n) is 4.81. The monoisotopic (exact) mass is 394 g/mol. The number of hydrogen-bond acceptors (Lipinski definition) is 7. The Morgan fingerprint density at radius 1 is 1.29 bits per heavy atom. The first-order chi connectivity index (χ1) is 13.7. The van der Waals surface area contributed by atoms with Gasteiger partial charge in [0.25, 0.3) is 5.91 Å². The number of anilines is 1. The second kappa shape index (κ2) is 6.71. The number of nitrogens with zero attached hydrogens (tertiary/aromatic N) is 7. The molecule has 1 atom stereocenters. The minimum Gasteiger partial charge on any atom is -0.353 e. The topological polar surface area (TPSA) is 93.2 Å². The summed E-state index contributed by atoms with van der Waals surface area (Å²) in [7, 11) is 0. The van der Waals surface area contributed by atoms with Crippen LogP contribution >= 0.6 is 11.3 Å². The van der Waals surface area contributed by atoms with Crippen molar-refractivity contribution < 1.29 is 4.79 Å². The zero-order chi connectivity index (χ0) is 19.1. The van der Waals surface area contributed by atoms with Crippen LogP contribution in [0, 0.1) is 6.92 Å². The van der Waals surface area contributed by atoms with E-state index in [1.807, 2.05) is 48.1 Å². The SMILES string of the molecule is Cc1nc(-n2cccc2)sc1C(=O)NC1CCN(c2ccc3nncn3n2)C1. The second-order valence-electron chi connectivity index (χ2n) is 6.73. The van der Waals surface area contributed by atoms with E-state index in [-0.39, 0.29) is 11.9 Å². The number of carbonyl (C=O) groups is 1. The van der Waals surface area contributed by atoms with E-state index in [9.17, 15) is 4.79 Å². The Morgan fingerprint density at radius 3 is 3.00 bits per heavy atom. The molecule has 1 N–H and O–H groups in total. The second-order valence-corrected chi connectivity index (χ2v) is 7.71. The molecule has 1 unspecified atom stereocenters. The number of aryl methyl sites for hydroxylation is 1. The van der Waals surface area contributed by atoms with Crippen molar-refractivity contribution in [2.24, 2.45) is 0 Å². The molecule has 0 aromatic carbocycles. The van der Waals surface area contributed by atoms with Crippen molar-refractivity contribution in [2.45, 2.75) is 19.4 Å². The van der Waals surface area contributed by atoms with Crippen LogP contribution < -0.4 is 10.2 Å². The van der Waals surface area contributed by atoms with Crippen LogP contribution in [0.1, 0.15) is 21.8 Å². The van der Waals surface area contributed by atoms with Crippen molar-refractivity contribution in [2.75, 3.05) is 18.0 Å². The molecule has 0 radical (unpaired) electrons. The quantitative estimate of drug-likeness (QED) is 0.566. The minimum absolute atomic E-state index is 0.0672. The molecule has 5 heterocycles. The molecule has 28 heavy (non-hydrogen) atoms. The lowest BCUT2D eigenvalue weighted by Crippen LogP contribution is -2.37. The summed E-state index contributed by atoms with van der Waals surface area (Å²) in [5, 5.41) is 16.3. The van der Waals surface area contributed by atoms with Gasteiger partial charge in [0, 0.05) is 31.5 Å². The fourth-order valence-electron chi connectivity index (χ4n) is 3.39. The normalized spacial score (nSPS) is 16.8. The lowest BCUT2D eigenvalue weighted by atomic mass is 10.2. The summed E-state index contributed by atoms with van der Waals surface area (Å²) < 4.78 is 3.57. The lowest BCUT2D eigenvalue weighted by Gasteiger charge is -2.17. The smallest absolute Gasteiger partial charge is 0.263 e. The van der Waals surface area contributed by atoms with Crippen molar-refractivity contribution >= 4 is 28.7 Å². The summed E-state index contributed by atoms with van der Waals surface area (Å²) in [5.41, 5.74) is 1.47. The van der Waals surface area contributed by atoms with Crippen LogP contribution in [0.3, 0.4) is 0 Å². The highest BCUT2D eigenvalue weighted by molar-refractivity contribution is 7.16. The highest BCUT2D eigenvalue weighted by atomic mass is 32.1. The number of fused-ring (bicyclic) bond motifs is 1. The fourth-order valence-corrected chi connectivity index (χ4v) is 4.33. The zero-order valence-corrected chi connectivity index (χ0v) is 16.0. The molecule has 5 rings (SSSR count). The summed E-state index contributed by atoms with van der Waals surface area (Å²) in [4.78, 5) is 20.1. The minimum atomic E-state index is -0.0672. The number of nitrogens with one attached hydrogen (secondary N) is 1. The van der Waals surface area contributed by atoms with E-state index in [0.717, 1.165) is 29.6 Å². The van der Waals surface area contributed by atoms with Gasteiger partial charge < -0.3 is 14.8 Å². The van der Waals surface area contributed by atoms with Crippen molar-refractivity contribution in [1.29, 1.82) is 0 Å². The van der Waals surface area contributed by atoms with Crippen LogP contribution in [0.15, 0.2) is 43.0 Å². The van der Waals surface area contributed by atoms with E-state index in [0.29, 0.717) is 17.1 Å². The Kier molecular flexibility index (Phi) is 4.05. The van der Waals surface area contributed by atoms with Gasteiger partial charge in [-0.3, -0.25) is 4.79 Å². The molecule has 10 heteroatoms. The van der Waals surface area contributed by atoms with Gasteiger partial charge in [0.1, 0.15) is 17.0 Å². The molecule has 1 aliphatic heterocycles. The number of carbonyl (C=O) groups excluding carboxylic acids is 1. The summed E-state index contributed by atoms with van der Waals surface area (Å²) in [6.07, 6.45) is 6.31. The number of hydrogen-bond donors (Lipinski definition) is 1. The van der Waals surface area contributed by atoms with Crippen LogP contribution in [0.4, 0.5) is 5.82 Å². The number of thiazole rings is 1. The fraction of sp³-hybridized carbons (Fsp3) is 0.278. The predicted molar refractivity (Wildman–Crippen MR) is 105 cm³/mol. The van der Waals surface area contributed by atoms with Gasteiger partial charge in [-0.25, -0.2) is 4.98 Å². The third-order valence-corrected chi connectivity index (χ3v) is 5.98. The van der Waals surface area contributed by atoms with Gasteiger partial charge in [-0.1, -0.05) is 11.3 Å². The van der Waals surface area contributed by atoms with Crippen LogP contribution in [-0.4, -0.2) is 54.4 Å². The summed E-state index contributed by atoms with van der Waals surface area (Å²) in [6, 6.07) is 7.78. The standard InChI is InChI=1S/C18H18N8OS/c1-12-16(28-18(20-12)24-7-2-3-8-24)17(27)21-13-6-9-25(10-13)15-5-4-14-22-19-11-26(14)23-15/h2-5,7-8,11,13H,6,9-10H2,1H3,(H,21,27). The molecule has 142 valence electrons. The van der Waals surface area contributed by atoms with Crippen molar-refractivity contribution in [3.05, 3.63) is 53.6 Å². The van der Waals surface area contributed by atoms with Crippen LogP contribution in [0.25, 0.3) is 10.8 Å². The average molecular weight is 394 g/mol. The Balaban J connectivity index is 1.27. The van der Waals surface area contributed by atoms with E-state index in [1.54, 1.807) is 10.8 Å². The van der Waals surface area contributed by atoms with Gasteiger partial charge >= 0.3 is 0 Å². The molecular formula is C18H18N8OS. The Morgan fingerprint density at radius 2 is 2.14 bits per heavy atom. The third kappa shape index (κ3) is 3.01. The lowest BCUT2D eigenvalue weighted by molar-refractivity contribution is 0.0943. The highest BCUT2D eigenvalue weighted by Crippen LogP contribution is 2.23. The largest absolute Gasteiger partial charge is 0.353 e. The molecule has 4 aromatic heterocycles. The first-order valence-corrected chi connectivity index (χ1v) is 9.83. The molecule has 0 saturated carbocycles. The van der Waals surface area contributed by atoms with Crippen LogP contribution in [0.5, 0.6) is 0 Å². The maximum atomic E-state index is 12.8. The van der Waals surface area contributed by atoms with E-state index in [1.165, 1.54) is 11.3 Å². The number of amides is 1. The van der Waals surface area contributed by atoms with E-state index < -0.39 is 0 Å². The molecule has 1 aliphatic rings. The summed E-state index contributed by atoms with van der Waals surface area (Å²) in [6.45, 7) is 3.42. The van der Waals surface area contributed by atoms with Gasteiger partial charge in [0.05, 0.1) is 5.69 Å². The Hall–Kier alpha value is -3.27. The first-order valence-electron chi connectivity index (χ1n) is 9.01. The average Bonchev–Trinajstić information content (AvgIpc) is 3.47. The van der Waals surface area contributed by atoms with Gasteiger partial charge in [-0.15, -0.1) is 15.3 Å². The van der Waals surface area contributed by atoms with E-state index in [4.69, 9.17) is 0 Å². The van der Waals surface area contributed by atoms with Crippen molar-refractivity contribution in [1.82, 2.24) is 34.7 Å². The maximum absolute atomic E-state index is 12.8. The molecule has 1 saturated heterocycles. The van der Waals surface area contributed by atoms with Gasteiger partial charge in [-0.2, -0.15) is 4.52 Å². The van der Waals surface area contributed by atoms with E-state index >= 15 is 0 Å². The molecule has 4 aromatic rings. The van der Waals surface area contributed by atoms with Gasteiger partial charge in [-0.05, 0) is 37.6 Å². The van der Waals surface area contributed by atoms with Crippen LogP contribution in [0.2, 0.25) is 0 Å². The number of rotatable bonds is 4. The van der Waals surface area contributed by atoms with Crippen molar-refractivity contribution in [3.63, 3.8) is 0 Å². The number of aromatic nitrogens is 6. The molecule has 1 fully saturated rings. The summed E-state index contributed by atoms with van der Waals surface area (Å²) >= 11 is 1.40. The van der Waals surface area contributed by atoms with Gasteiger partial charge in [0.15, 0.2) is 10.8 Å². The summed E-state index contributed by atoms with van der Waals surface area (Å²) in [5.74, 6) is 0.787. The first kappa shape index (κ1) is 16.9. The zero-order valence-electron chi connectivity index (χ0n) is 15.2. The predicted octanol–water partition coefficient (Wildman–Crippen LogP) is 1.69. The van der Waals surface area contributed by atoms with Crippen LogP contribution in [-0.2, 0) is 0 Å². The Labute approximate surface area is 164 Å². The molecule has 0 aliphatic carbocycles. The van der Waals surface area contributed by atoms with E-state index in [2.05, 4.69) is 30.5 Å². The van der Waals surface area contributed by atoms with Crippen molar-refractivity contribution in [3.8, 4) is 5.13 Å². The molecule has 1 amide bonds. The molecule has 9 nitrogen and oxygen atoms in total. The molecule has 0 bridgehead atoms. The maximum Gasteiger partial charge on any atom is 0.263 e. The molecule has 0 spiro atoms. The Bertz CT molecular complexity index is 1130.